The van der Waals surface area contributed by atoms with E-state index in [1.165, 1.54) is 5.56 Å². The predicted octanol–water partition coefficient (Wildman–Crippen LogP) is 3.10. The lowest BCUT2D eigenvalue weighted by Gasteiger charge is -2.13. The summed E-state index contributed by atoms with van der Waals surface area (Å²) < 4.78 is 10.4. The third-order valence-electron chi connectivity index (χ3n) is 3.17. The van der Waals surface area contributed by atoms with E-state index < -0.39 is 0 Å². The molecule has 0 amide bonds. The van der Waals surface area contributed by atoms with Crippen LogP contribution in [0.25, 0.3) is 0 Å². The number of hydrogen-bond acceptors (Lipinski definition) is 4. The fraction of sp³-hybridized carbons (Fsp3) is 0.400. The maximum absolute atomic E-state index is 5.25. The van der Waals surface area contributed by atoms with Gasteiger partial charge in [0.1, 0.15) is 5.75 Å². The van der Waals surface area contributed by atoms with Gasteiger partial charge in [-0.2, -0.15) is 0 Å². The van der Waals surface area contributed by atoms with Gasteiger partial charge in [-0.3, -0.25) is 0 Å². The fourth-order valence-corrected chi connectivity index (χ4v) is 1.87. The van der Waals surface area contributed by atoms with E-state index in [9.17, 15) is 0 Å². The molecule has 0 saturated carbocycles. The molecule has 1 aromatic carbocycles. The molecular weight excluding hydrogens is 240 g/mol. The summed E-state index contributed by atoms with van der Waals surface area (Å²) in [6.07, 6.45) is 0.900. The van der Waals surface area contributed by atoms with E-state index in [1.807, 2.05) is 18.2 Å². The maximum Gasteiger partial charge on any atom is 0.150 e. The molecule has 1 atom stereocenters. The number of hydrogen-bond donors (Lipinski definition) is 1. The van der Waals surface area contributed by atoms with Crippen LogP contribution < -0.4 is 10.1 Å². The van der Waals surface area contributed by atoms with Crippen LogP contribution in [-0.2, 0) is 13.0 Å². The largest absolute Gasteiger partial charge is 0.497 e. The van der Waals surface area contributed by atoms with Crippen LogP contribution >= 0.6 is 0 Å². The van der Waals surface area contributed by atoms with E-state index >= 15 is 0 Å². The number of benzene rings is 1. The maximum atomic E-state index is 5.25. The Balaban J connectivity index is 1.90. The van der Waals surface area contributed by atoms with Crippen LogP contribution in [0.15, 0.2) is 34.9 Å². The second-order valence-electron chi connectivity index (χ2n) is 4.51. The van der Waals surface area contributed by atoms with Crippen molar-refractivity contribution in [2.75, 3.05) is 7.11 Å². The third kappa shape index (κ3) is 3.58. The van der Waals surface area contributed by atoms with E-state index in [0.29, 0.717) is 6.54 Å². The van der Waals surface area contributed by atoms with Crippen molar-refractivity contribution >= 4 is 0 Å². The van der Waals surface area contributed by atoms with Crippen LogP contribution in [0, 0.1) is 0 Å². The van der Waals surface area contributed by atoms with Crippen LogP contribution in [0.4, 0.5) is 0 Å². The molecule has 4 heteroatoms. The molecule has 0 aliphatic heterocycles. The Labute approximate surface area is 113 Å². The molecule has 4 nitrogen and oxygen atoms in total. The lowest BCUT2D eigenvalue weighted by molar-refractivity contribution is 0.361. The fourth-order valence-electron chi connectivity index (χ4n) is 1.87. The van der Waals surface area contributed by atoms with Crippen LogP contribution in [0.1, 0.15) is 36.9 Å². The van der Waals surface area contributed by atoms with Gasteiger partial charge in [-0.25, -0.2) is 0 Å². The number of ether oxygens (including phenoxy) is 1. The standard InChI is InChI=1S/C15H20N2O2/c1-4-13-9-15(19-17-13)10-16-11(2)12-5-7-14(18-3)8-6-12/h5-9,11,16H,4,10H2,1-3H3/t11-/m1/s1. The van der Waals surface area contributed by atoms with Crippen LogP contribution in [0.3, 0.4) is 0 Å². The van der Waals surface area contributed by atoms with Crippen molar-refractivity contribution in [3.8, 4) is 5.75 Å². The Hall–Kier alpha value is -1.81. The minimum absolute atomic E-state index is 0.251. The molecule has 0 aliphatic carbocycles. The van der Waals surface area contributed by atoms with Gasteiger partial charge >= 0.3 is 0 Å². The summed E-state index contributed by atoms with van der Waals surface area (Å²) in [4.78, 5) is 0. The SMILES string of the molecule is CCc1cc(CN[C@H](C)c2ccc(OC)cc2)on1. The van der Waals surface area contributed by atoms with E-state index in [0.717, 1.165) is 23.6 Å². The molecule has 0 radical (unpaired) electrons. The highest BCUT2D eigenvalue weighted by molar-refractivity contribution is 5.28. The zero-order valence-electron chi connectivity index (χ0n) is 11.6. The molecule has 0 bridgehead atoms. The zero-order chi connectivity index (χ0) is 13.7. The molecule has 0 spiro atoms. The number of aromatic nitrogens is 1. The third-order valence-corrected chi connectivity index (χ3v) is 3.17. The van der Waals surface area contributed by atoms with Gasteiger partial charge in [-0.1, -0.05) is 24.2 Å². The lowest BCUT2D eigenvalue weighted by atomic mass is 10.1. The summed E-state index contributed by atoms with van der Waals surface area (Å²) in [5, 5.41) is 7.39. The molecule has 1 aromatic heterocycles. The summed E-state index contributed by atoms with van der Waals surface area (Å²) in [5.41, 5.74) is 2.21. The van der Waals surface area contributed by atoms with E-state index in [2.05, 4.69) is 36.5 Å². The Kier molecular flexibility index (Phi) is 4.58. The monoisotopic (exact) mass is 260 g/mol. The minimum atomic E-state index is 0.251. The summed E-state index contributed by atoms with van der Waals surface area (Å²) in [5.74, 6) is 1.75. The first-order chi connectivity index (χ1) is 9.22. The highest BCUT2D eigenvalue weighted by Crippen LogP contribution is 2.17. The number of nitrogens with one attached hydrogen (secondary N) is 1. The summed E-state index contributed by atoms with van der Waals surface area (Å²) >= 11 is 0. The first-order valence-electron chi connectivity index (χ1n) is 6.54. The van der Waals surface area contributed by atoms with Gasteiger partial charge in [-0.15, -0.1) is 0 Å². The second kappa shape index (κ2) is 6.38. The van der Waals surface area contributed by atoms with Crippen molar-refractivity contribution in [3.63, 3.8) is 0 Å². The van der Waals surface area contributed by atoms with Gasteiger partial charge in [0.2, 0.25) is 0 Å². The minimum Gasteiger partial charge on any atom is -0.497 e. The zero-order valence-corrected chi connectivity index (χ0v) is 11.6. The van der Waals surface area contributed by atoms with Gasteiger partial charge in [0, 0.05) is 12.1 Å². The van der Waals surface area contributed by atoms with E-state index in [1.54, 1.807) is 7.11 Å². The van der Waals surface area contributed by atoms with Crippen molar-refractivity contribution in [1.82, 2.24) is 10.5 Å². The van der Waals surface area contributed by atoms with Crippen LogP contribution in [0.5, 0.6) is 5.75 Å². The van der Waals surface area contributed by atoms with Crippen LogP contribution in [0.2, 0.25) is 0 Å². The van der Waals surface area contributed by atoms with Gasteiger partial charge in [0.15, 0.2) is 5.76 Å². The quantitative estimate of drug-likeness (QED) is 0.867. The number of nitrogens with zero attached hydrogens (tertiary/aromatic N) is 1. The summed E-state index contributed by atoms with van der Waals surface area (Å²) in [6.45, 7) is 4.87. The van der Waals surface area contributed by atoms with Crippen molar-refractivity contribution in [2.45, 2.75) is 32.9 Å². The van der Waals surface area contributed by atoms with Crippen LogP contribution in [-0.4, -0.2) is 12.3 Å². The number of rotatable bonds is 6. The normalized spacial score (nSPS) is 12.4. The van der Waals surface area contributed by atoms with Gasteiger partial charge in [-0.05, 0) is 31.0 Å². The molecule has 0 fully saturated rings. The topological polar surface area (TPSA) is 47.3 Å². The highest BCUT2D eigenvalue weighted by atomic mass is 16.5. The van der Waals surface area contributed by atoms with Crippen molar-refractivity contribution in [1.29, 1.82) is 0 Å². The summed E-state index contributed by atoms with van der Waals surface area (Å²) in [6, 6.07) is 10.3. The first-order valence-corrected chi connectivity index (χ1v) is 6.54. The van der Waals surface area contributed by atoms with E-state index in [-0.39, 0.29) is 6.04 Å². The Morgan fingerprint density at radius 2 is 2.05 bits per heavy atom. The van der Waals surface area contributed by atoms with Crippen molar-refractivity contribution in [3.05, 3.63) is 47.3 Å². The molecule has 0 unspecified atom stereocenters. The lowest BCUT2D eigenvalue weighted by Crippen LogP contribution is -2.17. The Bertz CT molecular complexity index is 505. The second-order valence-corrected chi connectivity index (χ2v) is 4.51. The highest BCUT2D eigenvalue weighted by Gasteiger charge is 2.07. The molecule has 1 N–H and O–H groups in total. The molecule has 1 heterocycles. The molecule has 102 valence electrons. The molecule has 0 aliphatic rings. The van der Waals surface area contributed by atoms with Crippen molar-refractivity contribution < 1.29 is 9.26 Å². The molecule has 2 rings (SSSR count). The number of methoxy groups -OCH3 is 1. The van der Waals surface area contributed by atoms with Gasteiger partial charge in [0.25, 0.3) is 0 Å². The Morgan fingerprint density at radius 3 is 2.63 bits per heavy atom. The smallest absolute Gasteiger partial charge is 0.150 e. The average molecular weight is 260 g/mol. The average Bonchev–Trinajstić information content (AvgIpc) is 2.93. The molecule has 0 saturated heterocycles. The molecular formula is C15H20N2O2. The predicted molar refractivity (Wildman–Crippen MR) is 74.1 cm³/mol. The van der Waals surface area contributed by atoms with Gasteiger partial charge in [0.05, 0.1) is 19.3 Å². The molecule has 2 aromatic rings. The van der Waals surface area contributed by atoms with E-state index in [4.69, 9.17) is 9.26 Å². The molecule has 19 heavy (non-hydrogen) atoms. The number of aryl methyl sites for hydroxylation is 1. The Morgan fingerprint density at radius 1 is 1.32 bits per heavy atom. The summed E-state index contributed by atoms with van der Waals surface area (Å²) in [7, 11) is 1.67. The van der Waals surface area contributed by atoms with Crippen molar-refractivity contribution in [2.24, 2.45) is 0 Å². The first kappa shape index (κ1) is 13.6. The van der Waals surface area contributed by atoms with Gasteiger partial charge < -0.3 is 14.6 Å².